The maximum atomic E-state index is 12.6. The van der Waals surface area contributed by atoms with Crippen molar-refractivity contribution >= 4 is 41.4 Å². The number of carbonyl (C=O) groups excluding carboxylic acids is 6. The summed E-state index contributed by atoms with van der Waals surface area (Å²) in [5.41, 5.74) is 25.9. The molecular weight excluding hydrogens is 1560 g/mol. The average molecular weight is 1660 g/mol. The molecule has 632 valence electrons. The van der Waals surface area contributed by atoms with Crippen LogP contribution in [0.4, 0.5) is 0 Å². The van der Waals surface area contributed by atoms with Crippen LogP contribution in [0.15, 0.2) is 303 Å². The van der Waals surface area contributed by atoms with E-state index >= 15 is 0 Å². The van der Waals surface area contributed by atoms with Gasteiger partial charge in [0.2, 0.25) is 0 Å². The molecule has 4 atom stereocenters. The molecular formula is C102H102N10O12. The molecule has 11 aromatic rings. The van der Waals surface area contributed by atoms with Gasteiger partial charge in [-0.15, -0.1) is 19.3 Å². The minimum atomic E-state index is -1.30. The van der Waals surface area contributed by atoms with Crippen molar-refractivity contribution in [1.82, 2.24) is 42.9 Å². The monoisotopic (exact) mass is 1660 g/mol. The molecule has 0 bridgehead atoms. The quantitative estimate of drug-likeness (QED) is 0.00712. The Labute approximate surface area is 725 Å². The van der Waals surface area contributed by atoms with Crippen LogP contribution in [0.3, 0.4) is 0 Å². The Kier molecular flexibility index (Phi) is 39.1. The number of terminal acetylenes is 3. The third-order valence-electron chi connectivity index (χ3n) is 18.6. The average Bonchev–Trinajstić information content (AvgIpc) is 0.761. The molecule has 11 aromatic carbocycles. The maximum Gasteiger partial charge on any atom is 0.335 e. The van der Waals surface area contributed by atoms with Crippen LogP contribution in [0.25, 0.3) is 0 Å². The molecule has 124 heavy (non-hydrogen) atoms. The SMILES string of the molecule is C#Cc1ccc(C(=O)NCCNC(c2ccccc2)(c2ccccc2)c2ccccc2)cc1.C#Cc1ccc(C(=O)N[C@H](C(=O)NOC)[C@@H](C)OC(C)(C)C)cc1.C#Cc1ccc(C(=O)O)cc1.C[C@@H](O)[C@H](NC(=O)c1ccc(C#CC#Cc2ccc(C(=O)NCCN)cc2)cc1)C(=O)NO.NCCNC(c1ccccc1)(c1ccccc1)c1ccccc1. The lowest BCUT2D eigenvalue weighted by atomic mass is 9.77. The molecule has 22 heteroatoms. The summed E-state index contributed by atoms with van der Waals surface area (Å²) in [6.45, 7) is 11.8. The van der Waals surface area contributed by atoms with Crippen molar-refractivity contribution in [2.75, 3.05) is 46.4 Å². The van der Waals surface area contributed by atoms with Gasteiger partial charge in [-0.2, -0.15) is 0 Å². The second-order valence-electron chi connectivity index (χ2n) is 28.5. The molecule has 0 spiro atoms. The minimum absolute atomic E-state index is 0.120. The van der Waals surface area contributed by atoms with Gasteiger partial charge in [0.05, 0.1) is 41.6 Å². The number of hydroxylamine groups is 2. The smallest absolute Gasteiger partial charge is 0.335 e. The Balaban J connectivity index is 0.000000220. The number of aliphatic hydroxyl groups excluding tert-OH is 1. The van der Waals surface area contributed by atoms with Gasteiger partial charge in [-0.3, -0.25) is 49.4 Å². The number of hydrogen-bond donors (Lipinski definition) is 13. The van der Waals surface area contributed by atoms with Gasteiger partial charge in [0.15, 0.2) is 0 Å². The minimum Gasteiger partial charge on any atom is -0.478 e. The number of nitrogens with one attached hydrogen (secondary N) is 8. The van der Waals surface area contributed by atoms with Gasteiger partial charge in [0, 0.05) is 89.3 Å². The first-order valence-electron chi connectivity index (χ1n) is 39.6. The highest BCUT2D eigenvalue weighted by molar-refractivity contribution is 5.99. The molecule has 0 radical (unpaired) electrons. The number of carboxylic acid groups (broad SMARTS) is 1. The first-order chi connectivity index (χ1) is 59.9. The van der Waals surface area contributed by atoms with Gasteiger partial charge in [-0.05, 0) is 201 Å². The summed E-state index contributed by atoms with van der Waals surface area (Å²) in [4.78, 5) is 87.8. The van der Waals surface area contributed by atoms with Gasteiger partial charge in [-0.25, -0.2) is 15.8 Å². The Hall–Kier alpha value is -14.8. The lowest BCUT2D eigenvalue weighted by Gasteiger charge is -2.37. The lowest BCUT2D eigenvalue weighted by Crippen LogP contribution is -2.54. The fraction of sp³-hybridized carbons (Fsp3) is 0.186. The maximum absolute atomic E-state index is 12.6. The highest BCUT2D eigenvalue weighted by Gasteiger charge is 2.38. The van der Waals surface area contributed by atoms with Crippen LogP contribution < -0.4 is 54.3 Å². The van der Waals surface area contributed by atoms with Crippen molar-refractivity contribution in [3.8, 4) is 60.7 Å². The third-order valence-corrected chi connectivity index (χ3v) is 18.6. The Bertz CT molecular complexity index is 5300. The van der Waals surface area contributed by atoms with Crippen LogP contribution >= 0.6 is 0 Å². The van der Waals surface area contributed by atoms with E-state index < -0.39 is 70.6 Å². The molecule has 11 rings (SSSR count). The van der Waals surface area contributed by atoms with Crippen molar-refractivity contribution < 1.29 is 58.6 Å². The molecule has 15 N–H and O–H groups in total. The zero-order valence-electron chi connectivity index (χ0n) is 69.8. The van der Waals surface area contributed by atoms with Gasteiger partial charge in [-0.1, -0.05) is 212 Å². The van der Waals surface area contributed by atoms with E-state index in [-0.39, 0.29) is 22.9 Å². The number of amides is 6. The van der Waals surface area contributed by atoms with Gasteiger partial charge in [0.25, 0.3) is 35.4 Å². The molecule has 0 saturated carbocycles. The molecule has 0 heterocycles. The summed E-state index contributed by atoms with van der Waals surface area (Å²) >= 11 is 0. The number of rotatable bonds is 28. The van der Waals surface area contributed by atoms with Crippen LogP contribution in [0.5, 0.6) is 0 Å². The number of nitrogens with two attached hydrogens (primary N) is 2. The number of aliphatic hydroxyl groups is 1. The van der Waals surface area contributed by atoms with E-state index in [4.69, 9.17) is 45.8 Å². The molecule has 0 aromatic heterocycles. The number of carbonyl (C=O) groups is 7. The van der Waals surface area contributed by atoms with Crippen molar-refractivity contribution in [2.24, 2.45) is 11.5 Å². The summed E-state index contributed by atoms with van der Waals surface area (Å²) in [5, 5.41) is 45.0. The molecule has 0 aliphatic carbocycles. The van der Waals surface area contributed by atoms with Crippen molar-refractivity contribution in [2.45, 2.75) is 75.6 Å². The molecule has 0 saturated heterocycles. The molecule has 22 nitrogen and oxygen atoms in total. The predicted molar refractivity (Wildman–Crippen MR) is 483 cm³/mol. The second-order valence-corrected chi connectivity index (χ2v) is 28.5. The first-order valence-corrected chi connectivity index (χ1v) is 39.6. The van der Waals surface area contributed by atoms with Gasteiger partial charge in [0.1, 0.15) is 12.1 Å². The predicted octanol–water partition coefficient (Wildman–Crippen LogP) is 11.3. The van der Waals surface area contributed by atoms with E-state index in [1.165, 1.54) is 60.5 Å². The molecule has 6 amide bonds. The zero-order chi connectivity index (χ0) is 89.7. The topological polar surface area (TPSA) is 347 Å². The standard InChI is InChI=1S/C30H26N2O.C24H24N4O5.C21H22N2.C18H24N2O4.C9H6O2/c1-2-24-18-20-25(21-19-24)29(33)31-22-23-32-30(26-12-6-3-7-13-26,27-14-8-4-9-15-27)28-16-10-5-11-17-28;1-16(29)21(24(32)28-33)27-23(31)20-12-8-18(9-13-20)5-3-2-4-17-6-10-19(11-7-17)22(30)26-15-14-25;22-16-17-23-21(18-10-4-1-5-11-18,19-12-6-2-7-13-19)20-14-8-3-9-15-20;1-7-13-8-10-14(11-9-13)16(21)19-15(17(22)20-23-6)12(2)24-18(3,4)5;1-2-7-3-5-8(6-4-7)9(10)11/h1,3-21,32H,22-23H2,(H,31,33);6-13,16,21,29,33H,14-15,25H2,1H3,(H,26,30)(H,27,31)(H,28,32);1-15,23H,16-17,22H2;1,8-12,15H,2-6H3,(H,19,21)(H,20,22);1,3-6H,(H,10,11)/t;16-,21+;;12-,15+;/m.1.1./s1. The van der Waals surface area contributed by atoms with E-state index in [0.717, 1.165) is 28.8 Å². The summed E-state index contributed by atoms with van der Waals surface area (Å²) < 4.78 is 5.78. The van der Waals surface area contributed by atoms with Crippen molar-refractivity contribution in [3.63, 3.8) is 0 Å². The highest BCUT2D eigenvalue weighted by atomic mass is 16.6. The Morgan fingerprint density at radius 3 is 0.960 bits per heavy atom. The van der Waals surface area contributed by atoms with E-state index in [0.29, 0.717) is 71.7 Å². The van der Waals surface area contributed by atoms with Crippen molar-refractivity contribution in [1.29, 1.82) is 0 Å². The summed E-state index contributed by atoms with van der Waals surface area (Å²) in [6, 6.07) is 93.4. The largest absolute Gasteiger partial charge is 0.478 e. The molecule has 0 aliphatic rings. The second kappa shape index (κ2) is 50.3. The number of aromatic carboxylic acids is 1. The number of hydrogen-bond acceptors (Lipinski definition) is 15. The van der Waals surface area contributed by atoms with E-state index in [2.05, 4.69) is 229 Å². The number of ether oxygens (including phenoxy) is 1. The van der Waals surface area contributed by atoms with Crippen LogP contribution in [0, 0.1) is 60.7 Å². The zero-order valence-corrected chi connectivity index (χ0v) is 69.8. The van der Waals surface area contributed by atoms with Crippen LogP contribution in [-0.4, -0.2) is 133 Å². The number of benzene rings is 11. The number of carboxylic acids is 1. The summed E-state index contributed by atoms with van der Waals surface area (Å²) in [6.07, 6.45) is 14.0. The Morgan fingerprint density at radius 2 is 0.677 bits per heavy atom. The van der Waals surface area contributed by atoms with E-state index in [9.17, 15) is 38.7 Å². The molecule has 0 fully saturated rings. The van der Waals surface area contributed by atoms with Crippen LogP contribution in [-0.2, 0) is 30.2 Å². The normalized spacial score (nSPS) is 11.4. The van der Waals surface area contributed by atoms with Gasteiger partial charge >= 0.3 is 5.97 Å². The molecule has 0 aliphatic heterocycles. The van der Waals surface area contributed by atoms with E-state index in [1.807, 2.05) is 57.2 Å². The van der Waals surface area contributed by atoms with Gasteiger partial charge < -0.3 is 47.7 Å². The highest BCUT2D eigenvalue weighted by Crippen LogP contribution is 2.38. The van der Waals surface area contributed by atoms with E-state index in [1.54, 1.807) is 104 Å². The van der Waals surface area contributed by atoms with Crippen molar-refractivity contribution in [3.05, 3.63) is 392 Å². The molecule has 0 unspecified atom stereocenters. The first kappa shape index (κ1) is 96.3. The Morgan fingerprint density at radius 1 is 0.387 bits per heavy atom. The fourth-order valence-electron chi connectivity index (χ4n) is 12.7. The van der Waals surface area contributed by atoms with Crippen LogP contribution in [0.2, 0.25) is 0 Å². The van der Waals surface area contributed by atoms with Crippen LogP contribution in [0.1, 0.15) is 148 Å². The fourth-order valence-corrected chi connectivity index (χ4v) is 12.7. The summed E-state index contributed by atoms with van der Waals surface area (Å²) in [5.74, 6) is 14.9. The summed E-state index contributed by atoms with van der Waals surface area (Å²) in [7, 11) is 1.32. The third kappa shape index (κ3) is 29.3. The lowest BCUT2D eigenvalue weighted by molar-refractivity contribution is -0.140.